The van der Waals surface area contributed by atoms with Crippen molar-refractivity contribution in [1.82, 2.24) is 4.90 Å². The molecule has 200 valence electrons. The van der Waals surface area contributed by atoms with Gasteiger partial charge in [-0.2, -0.15) is 5.26 Å². The number of benzene rings is 1. The molecule has 3 rings (SSSR count). The predicted molar refractivity (Wildman–Crippen MR) is 156 cm³/mol. The van der Waals surface area contributed by atoms with Crippen molar-refractivity contribution in [1.29, 1.82) is 5.26 Å². The van der Waals surface area contributed by atoms with Gasteiger partial charge in [0.25, 0.3) is 0 Å². The largest absolute Gasteiger partial charge is 0.333 e. The van der Waals surface area contributed by atoms with Crippen LogP contribution in [0.15, 0.2) is 30.9 Å². The van der Waals surface area contributed by atoms with Crippen molar-refractivity contribution in [3.8, 4) is 6.07 Å². The molecule has 1 aromatic carbocycles. The molecule has 1 aromatic rings. The number of nitrogens with two attached hydrogens (primary N) is 1. The van der Waals surface area contributed by atoms with Gasteiger partial charge in [0.1, 0.15) is 0 Å². The summed E-state index contributed by atoms with van der Waals surface area (Å²) in [6.07, 6.45) is 15.7. The molecule has 3 atom stereocenters. The molecule has 0 heterocycles. The molecule has 2 N–H and O–H groups in total. The molecular weight excluding hydrogens is 426 g/mol. The number of allylic oxidation sites excluding steroid dienone is 1. The van der Waals surface area contributed by atoms with E-state index in [-0.39, 0.29) is 5.41 Å². The maximum Gasteiger partial charge on any atom is 0.0991 e. The molecule has 2 aliphatic rings. The Balaban J connectivity index is 0.000000691. The SMILES string of the molecule is C=CC1c2cc(C#N)ccc2CC1(C)CCCC(C)CC.CC.CN.CN(C)CC1CCCCC1. The van der Waals surface area contributed by atoms with E-state index in [1.54, 1.807) is 0 Å². The highest BCUT2D eigenvalue weighted by molar-refractivity contribution is 5.46. The zero-order valence-corrected chi connectivity index (χ0v) is 24.5. The van der Waals surface area contributed by atoms with E-state index < -0.39 is 0 Å². The van der Waals surface area contributed by atoms with E-state index in [0.717, 1.165) is 23.8 Å². The smallest absolute Gasteiger partial charge is 0.0991 e. The fourth-order valence-corrected chi connectivity index (χ4v) is 5.64. The van der Waals surface area contributed by atoms with Crippen LogP contribution in [0, 0.1) is 28.6 Å². The average molecular weight is 484 g/mol. The van der Waals surface area contributed by atoms with Gasteiger partial charge in [-0.25, -0.2) is 0 Å². The van der Waals surface area contributed by atoms with Gasteiger partial charge in [-0.15, -0.1) is 6.58 Å². The summed E-state index contributed by atoms with van der Waals surface area (Å²) in [5, 5.41) is 9.11. The summed E-state index contributed by atoms with van der Waals surface area (Å²) >= 11 is 0. The molecule has 3 nitrogen and oxygen atoms in total. The van der Waals surface area contributed by atoms with Gasteiger partial charge in [0, 0.05) is 12.5 Å². The highest BCUT2D eigenvalue weighted by atomic mass is 15.1. The second-order valence-electron chi connectivity index (χ2n) is 10.7. The van der Waals surface area contributed by atoms with Crippen molar-refractivity contribution in [2.75, 3.05) is 27.7 Å². The van der Waals surface area contributed by atoms with Crippen LogP contribution in [0.4, 0.5) is 0 Å². The number of nitriles is 1. The molecule has 0 saturated heterocycles. The van der Waals surface area contributed by atoms with Crippen molar-refractivity contribution in [2.24, 2.45) is 23.0 Å². The molecule has 2 aliphatic carbocycles. The summed E-state index contributed by atoms with van der Waals surface area (Å²) in [6.45, 7) is 16.4. The fraction of sp³-hybridized carbons (Fsp3) is 0.719. The van der Waals surface area contributed by atoms with Crippen molar-refractivity contribution in [3.63, 3.8) is 0 Å². The van der Waals surface area contributed by atoms with Crippen LogP contribution >= 0.6 is 0 Å². The van der Waals surface area contributed by atoms with Crippen molar-refractivity contribution >= 4 is 0 Å². The summed E-state index contributed by atoms with van der Waals surface area (Å²) in [6, 6.07) is 8.42. The second-order valence-corrected chi connectivity index (χ2v) is 10.7. The molecule has 0 radical (unpaired) electrons. The number of nitrogens with zero attached hydrogens (tertiary/aromatic N) is 2. The second kappa shape index (κ2) is 18.6. The molecule has 1 fully saturated rings. The minimum absolute atomic E-state index is 0.269. The molecule has 3 unspecified atom stereocenters. The summed E-state index contributed by atoms with van der Waals surface area (Å²) in [7, 11) is 5.85. The van der Waals surface area contributed by atoms with Gasteiger partial charge in [-0.1, -0.05) is 85.3 Å². The monoisotopic (exact) mass is 483 g/mol. The van der Waals surface area contributed by atoms with Crippen LogP contribution in [-0.2, 0) is 6.42 Å². The van der Waals surface area contributed by atoms with Gasteiger partial charge in [0.05, 0.1) is 11.6 Å². The first-order valence-corrected chi connectivity index (χ1v) is 14.2. The first-order chi connectivity index (χ1) is 16.8. The molecule has 3 heteroatoms. The van der Waals surface area contributed by atoms with Gasteiger partial charge in [-0.3, -0.25) is 0 Å². The summed E-state index contributed by atoms with van der Waals surface area (Å²) < 4.78 is 0. The average Bonchev–Trinajstić information content (AvgIpc) is 3.17. The van der Waals surface area contributed by atoms with E-state index in [4.69, 9.17) is 5.26 Å². The van der Waals surface area contributed by atoms with Crippen LogP contribution in [0.2, 0.25) is 0 Å². The summed E-state index contributed by atoms with van der Waals surface area (Å²) in [5.74, 6) is 2.21. The van der Waals surface area contributed by atoms with Crippen molar-refractivity contribution in [2.45, 2.75) is 105 Å². The van der Waals surface area contributed by atoms with Gasteiger partial charge in [0.15, 0.2) is 0 Å². The third-order valence-corrected chi connectivity index (χ3v) is 7.68. The first kappa shape index (κ1) is 33.4. The Kier molecular flexibility index (Phi) is 17.7. The third kappa shape index (κ3) is 11.3. The van der Waals surface area contributed by atoms with Crippen LogP contribution in [0.1, 0.15) is 115 Å². The lowest BCUT2D eigenvalue weighted by molar-refractivity contribution is 0.264. The van der Waals surface area contributed by atoms with E-state index in [1.807, 2.05) is 19.9 Å². The Morgan fingerprint density at radius 1 is 1.20 bits per heavy atom. The molecule has 0 aliphatic heterocycles. The Morgan fingerprint density at radius 3 is 2.34 bits per heavy atom. The van der Waals surface area contributed by atoms with Crippen LogP contribution in [0.5, 0.6) is 0 Å². The normalized spacial score (nSPS) is 21.7. The van der Waals surface area contributed by atoms with E-state index in [0.29, 0.717) is 5.92 Å². The fourth-order valence-electron chi connectivity index (χ4n) is 5.64. The van der Waals surface area contributed by atoms with Crippen LogP contribution in [-0.4, -0.2) is 32.6 Å². The van der Waals surface area contributed by atoms with E-state index in [1.165, 1.54) is 82.5 Å². The van der Waals surface area contributed by atoms with E-state index in [2.05, 4.69) is 76.4 Å². The topological polar surface area (TPSA) is 53.1 Å². The lowest BCUT2D eigenvalue weighted by atomic mass is 9.73. The van der Waals surface area contributed by atoms with Crippen LogP contribution in [0.3, 0.4) is 0 Å². The lowest BCUT2D eigenvalue weighted by Crippen LogP contribution is -2.23. The van der Waals surface area contributed by atoms with Gasteiger partial charge in [0.2, 0.25) is 0 Å². The molecule has 0 aromatic heterocycles. The molecule has 0 spiro atoms. The standard InChI is InChI=1S/C20H27N.C9H19N.C2H6.CH5N/c1-5-15(3)8-7-11-20(4)13-17-10-9-16(14-21)12-18(17)19(20)6-2;1-10(2)8-9-6-4-3-5-7-9;2*1-2/h6,9-10,12,15,19H,2,5,7-8,11,13H2,1,3-4H3;9H,3-8H2,1-2H3;1-2H3;2H2,1H3. The highest BCUT2D eigenvalue weighted by Crippen LogP contribution is 2.51. The highest BCUT2D eigenvalue weighted by Gasteiger charge is 2.40. The van der Waals surface area contributed by atoms with Crippen molar-refractivity contribution < 1.29 is 0 Å². The van der Waals surface area contributed by atoms with E-state index >= 15 is 0 Å². The Morgan fingerprint density at radius 2 is 1.83 bits per heavy atom. The van der Waals surface area contributed by atoms with Gasteiger partial charge < -0.3 is 10.6 Å². The summed E-state index contributed by atoms with van der Waals surface area (Å²) in [5.41, 5.74) is 8.27. The third-order valence-electron chi connectivity index (χ3n) is 7.68. The maximum atomic E-state index is 9.11. The number of hydrogen-bond donors (Lipinski definition) is 1. The molecule has 0 bridgehead atoms. The minimum Gasteiger partial charge on any atom is -0.333 e. The summed E-state index contributed by atoms with van der Waals surface area (Å²) in [4.78, 5) is 2.32. The number of rotatable bonds is 8. The number of hydrogen-bond acceptors (Lipinski definition) is 3. The Hall–Kier alpha value is -1.63. The minimum atomic E-state index is 0.269. The molecule has 0 amide bonds. The van der Waals surface area contributed by atoms with E-state index in [9.17, 15) is 0 Å². The number of fused-ring (bicyclic) bond motifs is 1. The maximum absolute atomic E-state index is 9.11. The van der Waals surface area contributed by atoms with Crippen LogP contribution < -0.4 is 5.73 Å². The van der Waals surface area contributed by atoms with Crippen molar-refractivity contribution in [3.05, 3.63) is 47.5 Å². The molecular formula is C32H57N3. The Bertz CT molecular complexity index is 727. The predicted octanol–water partition coefficient (Wildman–Crippen LogP) is 8.34. The molecule has 35 heavy (non-hydrogen) atoms. The van der Waals surface area contributed by atoms with Gasteiger partial charge in [-0.05, 0) is 87.3 Å². The lowest BCUT2D eigenvalue weighted by Gasteiger charge is -2.30. The Labute approximate surface area is 219 Å². The van der Waals surface area contributed by atoms with Gasteiger partial charge >= 0.3 is 0 Å². The zero-order valence-electron chi connectivity index (χ0n) is 24.5. The molecule has 1 saturated carbocycles. The zero-order chi connectivity index (χ0) is 26.9. The quantitative estimate of drug-likeness (QED) is 0.378. The van der Waals surface area contributed by atoms with Crippen LogP contribution in [0.25, 0.3) is 0 Å². The first-order valence-electron chi connectivity index (χ1n) is 14.2.